The lowest BCUT2D eigenvalue weighted by Gasteiger charge is -2.31. The molecule has 0 amide bonds. The van der Waals surface area contributed by atoms with Gasteiger partial charge in [-0.1, -0.05) is 35.9 Å². The Morgan fingerprint density at radius 2 is 1.80 bits per heavy atom. The Morgan fingerprint density at radius 3 is 2.48 bits per heavy atom. The van der Waals surface area contributed by atoms with Crippen LogP contribution >= 0.6 is 12.4 Å². The number of halogens is 1. The molecule has 0 unspecified atom stereocenters. The molecule has 0 aliphatic carbocycles. The standard InChI is InChI=1S/C21H27NO2.ClH/c1-17-5-7-18(8-6-17)15-19-9-11-22(12-10-19)13-14-24-21-4-2-3-20(23)16-21;/h2-8,16,19,23H,9-15H2,1H3;1H. The van der Waals surface area contributed by atoms with Crippen molar-refractivity contribution in [3.63, 3.8) is 0 Å². The van der Waals surface area contributed by atoms with Crippen LogP contribution in [0.2, 0.25) is 0 Å². The Labute approximate surface area is 157 Å². The maximum atomic E-state index is 9.44. The lowest BCUT2D eigenvalue weighted by atomic mass is 9.90. The van der Waals surface area contributed by atoms with Crippen LogP contribution in [-0.2, 0) is 6.42 Å². The lowest BCUT2D eigenvalue weighted by Crippen LogP contribution is -2.37. The Bertz CT molecular complexity index is 637. The average Bonchev–Trinajstić information content (AvgIpc) is 2.59. The third-order valence-electron chi connectivity index (χ3n) is 4.85. The first-order valence-corrected chi connectivity index (χ1v) is 8.89. The molecule has 0 bridgehead atoms. The monoisotopic (exact) mass is 361 g/mol. The Kier molecular flexibility index (Phi) is 7.60. The van der Waals surface area contributed by atoms with Gasteiger partial charge in [0, 0.05) is 12.6 Å². The molecule has 0 aromatic heterocycles. The van der Waals surface area contributed by atoms with Crippen LogP contribution in [0.15, 0.2) is 48.5 Å². The zero-order valence-corrected chi connectivity index (χ0v) is 15.7. The molecular formula is C21H28ClNO2. The highest BCUT2D eigenvalue weighted by atomic mass is 35.5. The van der Waals surface area contributed by atoms with E-state index in [1.54, 1.807) is 18.2 Å². The summed E-state index contributed by atoms with van der Waals surface area (Å²) in [5.41, 5.74) is 2.80. The summed E-state index contributed by atoms with van der Waals surface area (Å²) >= 11 is 0. The first-order valence-electron chi connectivity index (χ1n) is 8.89. The molecule has 136 valence electrons. The van der Waals surface area contributed by atoms with Gasteiger partial charge in [-0.15, -0.1) is 12.4 Å². The molecule has 4 heteroatoms. The van der Waals surface area contributed by atoms with Crippen molar-refractivity contribution in [2.45, 2.75) is 26.2 Å². The molecule has 1 heterocycles. The number of hydrogen-bond acceptors (Lipinski definition) is 3. The van der Waals surface area contributed by atoms with Crippen LogP contribution in [0.3, 0.4) is 0 Å². The van der Waals surface area contributed by atoms with Gasteiger partial charge < -0.3 is 9.84 Å². The highest BCUT2D eigenvalue weighted by Gasteiger charge is 2.19. The summed E-state index contributed by atoms with van der Waals surface area (Å²) in [6.45, 7) is 6.07. The summed E-state index contributed by atoms with van der Waals surface area (Å²) in [6, 6.07) is 16.0. The van der Waals surface area contributed by atoms with E-state index in [0.29, 0.717) is 6.61 Å². The van der Waals surface area contributed by atoms with E-state index in [9.17, 15) is 5.11 Å². The molecule has 3 nitrogen and oxygen atoms in total. The molecule has 3 rings (SSSR count). The van der Waals surface area contributed by atoms with Crippen LogP contribution < -0.4 is 4.74 Å². The van der Waals surface area contributed by atoms with Gasteiger partial charge in [0.15, 0.2) is 0 Å². The zero-order chi connectivity index (χ0) is 16.8. The topological polar surface area (TPSA) is 32.7 Å². The number of ether oxygens (including phenoxy) is 1. The molecule has 0 radical (unpaired) electrons. The average molecular weight is 362 g/mol. The molecule has 1 fully saturated rings. The first-order chi connectivity index (χ1) is 11.7. The van der Waals surface area contributed by atoms with Crippen LogP contribution in [0.1, 0.15) is 24.0 Å². The smallest absolute Gasteiger partial charge is 0.123 e. The van der Waals surface area contributed by atoms with E-state index in [-0.39, 0.29) is 18.2 Å². The van der Waals surface area contributed by atoms with E-state index < -0.39 is 0 Å². The first kappa shape index (κ1) is 19.6. The van der Waals surface area contributed by atoms with Crippen LogP contribution in [0, 0.1) is 12.8 Å². The van der Waals surface area contributed by atoms with Crippen molar-refractivity contribution in [3.05, 3.63) is 59.7 Å². The number of phenols is 1. The van der Waals surface area contributed by atoms with E-state index in [4.69, 9.17) is 4.74 Å². The van der Waals surface area contributed by atoms with E-state index in [1.165, 1.54) is 30.4 Å². The number of piperidine rings is 1. The highest BCUT2D eigenvalue weighted by molar-refractivity contribution is 5.85. The number of hydrogen-bond donors (Lipinski definition) is 1. The molecule has 0 saturated carbocycles. The molecule has 0 spiro atoms. The van der Waals surface area contributed by atoms with Crippen LogP contribution in [0.25, 0.3) is 0 Å². The minimum absolute atomic E-state index is 0. The summed E-state index contributed by atoms with van der Waals surface area (Å²) in [5, 5.41) is 9.44. The summed E-state index contributed by atoms with van der Waals surface area (Å²) in [6.07, 6.45) is 3.73. The Hall–Kier alpha value is -1.71. The number of aryl methyl sites for hydroxylation is 1. The van der Waals surface area contributed by atoms with E-state index >= 15 is 0 Å². The number of likely N-dealkylation sites (tertiary alicyclic amines) is 1. The maximum Gasteiger partial charge on any atom is 0.123 e. The van der Waals surface area contributed by atoms with E-state index in [1.807, 2.05) is 6.07 Å². The summed E-state index contributed by atoms with van der Waals surface area (Å²) in [4.78, 5) is 2.48. The predicted molar refractivity (Wildman–Crippen MR) is 105 cm³/mol. The third kappa shape index (κ3) is 6.26. The fourth-order valence-electron chi connectivity index (χ4n) is 3.34. The van der Waals surface area contributed by atoms with Gasteiger partial charge in [-0.25, -0.2) is 0 Å². The van der Waals surface area contributed by atoms with Gasteiger partial charge in [0.1, 0.15) is 18.1 Å². The van der Waals surface area contributed by atoms with E-state index in [0.717, 1.165) is 31.3 Å². The number of rotatable bonds is 6. The van der Waals surface area contributed by atoms with Gasteiger partial charge in [-0.3, -0.25) is 4.90 Å². The second-order valence-electron chi connectivity index (χ2n) is 6.82. The molecule has 25 heavy (non-hydrogen) atoms. The largest absolute Gasteiger partial charge is 0.508 e. The summed E-state index contributed by atoms with van der Waals surface area (Å²) in [5.74, 6) is 1.80. The van der Waals surface area contributed by atoms with Crippen molar-refractivity contribution < 1.29 is 9.84 Å². The van der Waals surface area contributed by atoms with Crippen molar-refractivity contribution in [2.75, 3.05) is 26.2 Å². The summed E-state index contributed by atoms with van der Waals surface area (Å²) < 4.78 is 5.72. The minimum Gasteiger partial charge on any atom is -0.508 e. The van der Waals surface area contributed by atoms with E-state index in [2.05, 4.69) is 36.1 Å². The highest BCUT2D eigenvalue weighted by Crippen LogP contribution is 2.22. The molecule has 2 aromatic carbocycles. The number of nitrogens with zero attached hydrogens (tertiary/aromatic N) is 1. The number of aromatic hydroxyl groups is 1. The van der Waals surface area contributed by atoms with Gasteiger partial charge in [-0.05, 0) is 62.9 Å². The van der Waals surface area contributed by atoms with Crippen LogP contribution in [0.5, 0.6) is 11.5 Å². The van der Waals surface area contributed by atoms with Gasteiger partial charge in [-0.2, -0.15) is 0 Å². The molecule has 1 saturated heterocycles. The van der Waals surface area contributed by atoms with Gasteiger partial charge in [0.05, 0.1) is 0 Å². The number of phenolic OH excluding ortho intramolecular Hbond substituents is 1. The molecular weight excluding hydrogens is 334 g/mol. The maximum absolute atomic E-state index is 9.44. The minimum atomic E-state index is 0. The van der Waals surface area contributed by atoms with Crippen molar-refractivity contribution >= 4 is 12.4 Å². The fourth-order valence-corrected chi connectivity index (χ4v) is 3.34. The lowest BCUT2D eigenvalue weighted by molar-refractivity contribution is 0.154. The zero-order valence-electron chi connectivity index (χ0n) is 14.9. The molecule has 1 N–H and O–H groups in total. The Morgan fingerprint density at radius 1 is 1.08 bits per heavy atom. The second-order valence-corrected chi connectivity index (χ2v) is 6.82. The van der Waals surface area contributed by atoms with Gasteiger partial charge in [0.25, 0.3) is 0 Å². The van der Waals surface area contributed by atoms with Crippen LogP contribution in [-0.4, -0.2) is 36.2 Å². The second kappa shape index (κ2) is 9.69. The predicted octanol–water partition coefficient (Wildman–Crippen LogP) is 4.46. The quantitative estimate of drug-likeness (QED) is 0.824. The van der Waals surface area contributed by atoms with Gasteiger partial charge in [0.2, 0.25) is 0 Å². The Balaban J connectivity index is 0.00000225. The molecule has 1 aliphatic heterocycles. The molecule has 1 aliphatic rings. The third-order valence-corrected chi connectivity index (χ3v) is 4.85. The van der Waals surface area contributed by atoms with Gasteiger partial charge >= 0.3 is 0 Å². The molecule has 0 atom stereocenters. The number of benzene rings is 2. The van der Waals surface area contributed by atoms with Crippen LogP contribution in [0.4, 0.5) is 0 Å². The van der Waals surface area contributed by atoms with Crippen molar-refractivity contribution in [1.29, 1.82) is 0 Å². The van der Waals surface area contributed by atoms with Crippen molar-refractivity contribution in [1.82, 2.24) is 4.90 Å². The summed E-state index contributed by atoms with van der Waals surface area (Å²) in [7, 11) is 0. The van der Waals surface area contributed by atoms with Crippen molar-refractivity contribution in [3.8, 4) is 11.5 Å². The SMILES string of the molecule is Cc1ccc(CC2CCN(CCOc3cccc(O)c3)CC2)cc1.Cl. The fraction of sp³-hybridized carbons (Fsp3) is 0.429. The molecule has 2 aromatic rings. The normalized spacial score (nSPS) is 15.6. The van der Waals surface area contributed by atoms with Crippen molar-refractivity contribution in [2.24, 2.45) is 5.92 Å².